The van der Waals surface area contributed by atoms with E-state index in [-0.39, 0.29) is 0 Å². The summed E-state index contributed by atoms with van der Waals surface area (Å²) in [7, 11) is 0. The molecule has 1 fully saturated rings. The molecule has 1 aromatic rings. The fourth-order valence-corrected chi connectivity index (χ4v) is 2.68. The third kappa shape index (κ3) is 3.42. The molecule has 2 nitrogen and oxygen atoms in total. The summed E-state index contributed by atoms with van der Waals surface area (Å²) in [6.07, 6.45) is 4.16. The van der Waals surface area contributed by atoms with Crippen LogP contribution >= 0.6 is 0 Å². The van der Waals surface area contributed by atoms with Crippen molar-refractivity contribution in [3.8, 4) is 0 Å². The maximum absolute atomic E-state index is 10.5. The fourth-order valence-electron chi connectivity index (χ4n) is 2.68. The Morgan fingerprint density at radius 3 is 2.56 bits per heavy atom. The summed E-state index contributed by atoms with van der Waals surface area (Å²) >= 11 is 0. The van der Waals surface area contributed by atoms with Gasteiger partial charge in [0.15, 0.2) is 0 Å². The summed E-state index contributed by atoms with van der Waals surface area (Å²) in [6.45, 7) is 7.64. The van der Waals surface area contributed by atoms with Crippen LogP contribution in [0, 0.1) is 19.8 Å². The monoisotopic (exact) mass is 245 g/mol. The third-order valence-corrected chi connectivity index (χ3v) is 4.11. The topological polar surface area (TPSA) is 20.3 Å². The number of hydrogen-bond donors (Lipinski definition) is 0. The second-order valence-electron chi connectivity index (χ2n) is 5.54. The van der Waals surface area contributed by atoms with Gasteiger partial charge in [-0.2, -0.15) is 0 Å². The molecule has 1 heterocycles. The number of nitrogens with zero attached hydrogens (tertiary/aromatic N) is 1. The van der Waals surface area contributed by atoms with E-state index in [0.717, 1.165) is 32.3 Å². The normalized spacial score (nSPS) is 17.9. The maximum atomic E-state index is 10.5. The minimum Gasteiger partial charge on any atom is -0.303 e. The quantitative estimate of drug-likeness (QED) is 0.760. The molecule has 1 aliphatic heterocycles. The van der Waals surface area contributed by atoms with Crippen LogP contribution in [-0.4, -0.2) is 24.3 Å². The lowest BCUT2D eigenvalue weighted by atomic mass is 9.94. The van der Waals surface area contributed by atoms with E-state index in [1.54, 1.807) is 0 Å². The Kier molecular flexibility index (Phi) is 4.54. The summed E-state index contributed by atoms with van der Waals surface area (Å²) in [6, 6.07) is 6.75. The lowest BCUT2D eigenvalue weighted by molar-refractivity contribution is -0.108. The largest absolute Gasteiger partial charge is 0.303 e. The van der Waals surface area contributed by atoms with E-state index in [9.17, 15) is 4.79 Å². The van der Waals surface area contributed by atoms with Gasteiger partial charge in [-0.05, 0) is 62.4 Å². The highest BCUT2D eigenvalue weighted by molar-refractivity contribution is 5.49. The van der Waals surface area contributed by atoms with Gasteiger partial charge in [-0.15, -0.1) is 0 Å². The van der Waals surface area contributed by atoms with E-state index in [1.165, 1.54) is 29.5 Å². The number of carbonyl (C=O) groups is 1. The molecule has 0 unspecified atom stereocenters. The molecule has 0 aromatic heterocycles. The molecule has 0 spiro atoms. The van der Waals surface area contributed by atoms with Crippen molar-refractivity contribution in [3.63, 3.8) is 0 Å². The van der Waals surface area contributed by atoms with E-state index in [0.29, 0.717) is 5.92 Å². The number of carbonyl (C=O) groups excluding carboxylic acids is 1. The van der Waals surface area contributed by atoms with Crippen molar-refractivity contribution in [1.82, 2.24) is 4.90 Å². The molecule has 0 aliphatic carbocycles. The minimum atomic E-state index is 0.624. The first-order chi connectivity index (χ1) is 8.69. The molecule has 2 heteroatoms. The van der Waals surface area contributed by atoms with Crippen LogP contribution in [-0.2, 0) is 11.3 Å². The van der Waals surface area contributed by atoms with Crippen molar-refractivity contribution in [2.45, 2.75) is 39.7 Å². The molecule has 0 N–H and O–H groups in total. The molecule has 1 aliphatic rings. The van der Waals surface area contributed by atoms with Gasteiger partial charge in [-0.1, -0.05) is 18.2 Å². The van der Waals surface area contributed by atoms with Gasteiger partial charge < -0.3 is 4.79 Å². The Bertz CT molecular complexity index is 406. The molecule has 0 amide bonds. The van der Waals surface area contributed by atoms with Crippen LogP contribution in [0.2, 0.25) is 0 Å². The van der Waals surface area contributed by atoms with Gasteiger partial charge in [0, 0.05) is 13.0 Å². The van der Waals surface area contributed by atoms with E-state index in [1.807, 2.05) is 0 Å². The zero-order valence-corrected chi connectivity index (χ0v) is 11.5. The first-order valence-electron chi connectivity index (χ1n) is 6.91. The van der Waals surface area contributed by atoms with Crippen molar-refractivity contribution >= 4 is 6.29 Å². The average molecular weight is 245 g/mol. The minimum absolute atomic E-state index is 0.624. The summed E-state index contributed by atoms with van der Waals surface area (Å²) in [4.78, 5) is 13.0. The molecule has 98 valence electrons. The molecular formula is C16H23NO. The zero-order chi connectivity index (χ0) is 13.0. The fraction of sp³-hybridized carbons (Fsp3) is 0.562. The first-order valence-corrected chi connectivity index (χ1v) is 6.91. The lowest BCUT2D eigenvalue weighted by Crippen LogP contribution is -2.33. The lowest BCUT2D eigenvalue weighted by Gasteiger charge is -2.31. The third-order valence-electron chi connectivity index (χ3n) is 4.11. The number of piperidine rings is 1. The van der Waals surface area contributed by atoms with Crippen LogP contribution in [0.1, 0.15) is 36.0 Å². The number of likely N-dealkylation sites (tertiary alicyclic amines) is 1. The summed E-state index contributed by atoms with van der Waals surface area (Å²) in [5, 5.41) is 0. The molecule has 1 saturated heterocycles. The predicted molar refractivity (Wildman–Crippen MR) is 74.6 cm³/mol. The van der Waals surface area contributed by atoms with E-state index in [2.05, 4.69) is 36.9 Å². The Labute approximate surface area is 110 Å². The highest BCUT2D eigenvalue weighted by Crippen LogP contribution is 2.21. The zero-order valence-electron chi connectivity index (χ0n) is 11.5. The molecule has 18 heavy (non-hydrogen) atoms. The summed E-state index contributed by atoms with van der Waals surface area (Å²) in [5.74, 6) is 0.624. The van der Waals surface area contributed by atoms with Gasteiger partial charge in [-0.25, -0.2) is 0 Å². The van der Waals surface area contributed by atoms with Crippen LogP contribution in [0.3, 0.4) is 0 Å². The standard InChI is InChI=1S/C16H23NO/c1-13-3-4-16(11-14(13)2)12-17-8-5-15(6-9-17)7-10-18/h3-4,10-11,15H,5-9,12H2,1-2H3. The van der Waals surface area contributed by atoms with Crippen molar-refractivity contribution in [2.75, 3.05) is 13.1 Å². The van der Waals surface area contributed by atoms with E-state index >= 15 is 0 Å². The second kappa shape index (κ2) is 6.14. The molecular weight excluding hydrogens is 222 g/mol. The molecule has 0 atom stereocenters. The highest BCUT2D eigenvalue weighted by Gasteiger charge is 2.18. The number of aryl methyl sites for hydroxylation is 2. The molecule has 0 saturated carbocycles. The number of benzene rings is 1. The number of aldehydes is 1. The average Bonchev–Trinajstić information content (AvgIpc) is 2.37. The van der Waals surface area contributed by atoms with Crippen LogP contribution < -0.4 is 0 Å². The Hall–Kier alpha value is -1.15. The van der Waals surface area contributed by atoms with E-state index < -0.39 is 0 Å². The Morgan fingerprint density at radius 1 is 1.22 bits per heavy atom. The van der Waals surface area contributed by atoms with Crippen molar-refractivity contribution in [2.24, 2.45) is 5.92 Å². The maximum Gasteiger partial charge on any atom is 0.120 e. The molecule has 0 radical (unpaired) electrons. The summed E-state index contributed by atoms with van der Waals surface area (Å²) in [5.41, 5.74) is 4.15. The van der Waals surface area contributed by atoms with Crippen LogP contribution in [0.15, 0.2) is 18.2 Å². The molecule has 2 rings (SSSR count). The van der Waals surface area contributed by atoms with Crippen molar-refractivity contribution < 1.29 is 4.79 Å². The predicted octanol–water partition coefficient (Wildman–Crippen LogP) is 3.10. The number of rotatable bonds is 4. The first kappa shape index (κ1) is 13.3. The van der Waals surface area contributed by atoms with Crippen LogP contribution in [0.5, 0.6) is 0 Å². The van der Waals surface area contributed by atoms with Gasteiger partial charge >= 0.3 is 0 Å². The molecule has 1 aromatic carbocycles. The smallest absolute Gasteiger partial charge is 0.120 e. The van der Waals surface area contributed by atoms with Gasteiger partial charge in [0.05, 0.1) is 0 Å². The number of hydrogen-bond acceptors (Lipinski definition) is 2. The van der Waals surface area contributed by atoms with Gasteiger partial charge in [-0.3, -0.25) is 4.90 Å². The van der Waals surface area contributed by atoms with Crippen molar-refractivity contribution in [3.05, 3.63) is 34.9 Å². The van der Waals surface area contributed by atoms with Crippen LogP contribution in [0.4, 0.5) is 0 Å². The summed E-state index contributed by atoms with van der Waals surface area (Å²) < 4.78 is 0. The van der Waals surface area contributed by atoms with Gasteiger partial charge in [0.1, 0.15) is 6.29 Å². The van der Waals surface area contributed by atoms with Gasteiger partial charge in [0.2, 0.25) is 0 Å². The van der Waals surface area contributed by atoms with Crippen molar-refractivity contribution in [1.29, 1.82) is 0 Å². The molecule has 0 bridgehead atoms. The van der Waals surface area contributed by atoms with Crippen LogP contribution in [0.25, 0.3) is 0 Å². The Morgan fingerprint density at radius 2 is 1.94 bits per heavy atom. The van der Waals surface area contributed by atoms with Gasteiger partial charge in [0.25, 0.3) is 0 Å². The second-order valence-corrected chi connectivity index (χ2v) is 5.54. The highest BCUT2D eigenvalue weighted by atomic mass is 16.1. The Balaban J connectivity index is 1.87. The van der Waals surface area contributed by atoms with E-state index in [4.69, 9.17) is 0 Å². The SMILES string of the molecule is Cc1ccc(CN2CCC(CC=O)CC2)cc1C.